The molecular weight excluding hydrogens is 440 g/mol. The van der Waals surface area contributed by atoms with E-state index in [2.05, 4.69) is 35.8 Å². The highest BCUT2D eigenvalue weighted by Gasteiger charge is 2.28. The van der Waals surface area contributed by atoms with Crippen molar-refractivity contribution in [1.82, 2.24) is 19.9 Å². The van der Waals surface area contributed by atoms with Gasteiger partial charge in [-0.2, -0.15) is 4.98 Å². The molecule has 0 atom stereocenters. The number of amides is 1. The molecule has 0 aliphatic carbocycles. The van der Waals surface area contributed by atoms with E-state index < -0.39 is 11.7 Å². The number of rotatable bonds is 5. The number of benzene rings is 2. The number of carbonyl (C=O) groups excluding carboxylic acids is 2. The third kappa shape index (κ3) is 5.49. The Hall–Kier alpha value is -3.03. The molecule has 3 aromatic rings. The Balaban J connectivity index is 1.31. The minimum atomic E-state index is -0.464. The van der Waals surface area contributed by atoms with Gasteiger partial charge in [0.15, 0.2) is 0 Å². The first-order valence-electron chi connectivity index (χ1n) is 11.0. The monoisotopic (exact) mass is 466 g/mol. The van der Waals surface area contributed by atoms with Crippen molar-refractivity contribution in [3.05, 3.63) is 70.6 Å². The highest BCUT2D eigenvalue weighted by atomic mass is 35.5. The van der Waals surface area contributed by atoms with E-state index in [0.717, 1.165) is 11.1 Å². The zero-order chi connectivity index (χ0) is 23.6. The van der Waals surface area contributed by atoms with Gasteiger partial charge in [-0.15, -0.1) is 0 Å². The van der Waals surface area contributed by atoms with E-state index in [1.807, 2.05) is 24.3 Å². The summed E-state index contributed by atoms with van der Waals surface area (Å²) in [6.07, 6.45) is 0. The lowest BCUT2D eigenvalue weighted by Crippen LogP contribution is -2.50. The van der Waals surface area contributed by atoms with Crippen LogP contribution in [0.15, 0.2) is 53.1 Å². The first-order valence-corrected chi connectivity index (χ1v) is 11.3. The Bertz CT molecular complexity index is 1130. The fourth-order valence-electron chi connectivity index (χ4n) is 3.72. The zero-order valence-corrected chi connectivity index (χ0v) is 19.8. The second-order valence-electron chi connectivity index (χ2n) is 9.24. The van der Waals surface area contributed by atoms with Crippen LogP contribution in [-0.4, -0.2) is 57.8 Å². The van der Waals surface area contributed by atoms with Crippen molar-refractivity contribution in [3.8, 4) is 11.4 Å². The summed E-state index contributed by atoms with van der Waals surface area (Å²) in [5, 5.41) is 4.69. The summed E-state index contributed by atoms with van der Waals surface area (Å²) in [6.45, 7) is 9.03. The van der Waals surface area contributed by atoms with E-state index in [1.165, 1.54) is 0 Å². The van der Waals surface area contributed by atoms with E-state index in [0.29, 0.717) is 55.0 Å². The van der Waals surface area contributed by atoms with Crippen LogP contribution in [-0.2, 0) is 16.8 Å². The van der Waals surface area contributed by atoms with E-state index in [4.69, 9.17) is 16.1 Å². The van der Waals surface area contributed by atoms with Crippen LogP contribution in [0.25, 0.3) is 11.4 Å². The van der Waals surface area contributed by atoms with E-state index in [1.54, 1.807) is 29.2 Å². The normalized spacial score (nSPS) is 15.0. The van der Waals surface area contributed by atoms with Gasteiger partial charge in [-0.05, 0) is 35.2 Å². The number of ketones is 1. The Kier molecular flexibility index (Phi) is 6.63. The van der Waals surface area contributed by atoms with Gasteiger partial charge in [0.05, 0.1) is 6.54 Å². The van der Waals surface area contributed by atoms with Gasteiger partial charge < -0.3 is 9.42 Å². The van der Waals surface area contributed by atoms with Gasteiger partial charge >= 0.3 is 0 Å². The van der Waals surface area contributed by atoms with Crippen LogP contribution in [0, 0.1) is 0 Å². The molecule has 1 aliphatic heterocycles. The Labute approximate surface area is 198 Å². The first-order chi connectivity index (χ1) is 15.7. The molecule has 1 fully saturated rings. The van der Waals surface area contributed by atoms with Crippen molar-refractivity contribution < 1.29 is 14.1 Å². The molecule has 33 heavy (non-hydrogen) atoms. The highest BCUT2D eigenvalue weighted by Crippen LogP contribution is 2.23. The van der Waals surface area contributed by atoms with Crippen LogP contribution >= 0.6 is 11.6 Å². The maximum atomic E-state index is 12.7. The molecule has 2 heterocycles. The second-order valence-corrected chi connectivity index (χ2v) is 9.68. The van der Waals surface area contributed by atoms with Crippen LogP contribution in [0.3, 0.4) is 0 Å². The molecule has 7 nitrogen and oxygen atoms in total. The lowest BCUT2D eigenvalue weighted by atomic mass is 9.86. The smallest absolute Gasteiger partial charge is 0.295 e. The summed E-state index contributed by atoms with van der Waals surface area (Å²) in [5.74, 6) is 0.0997. The Morgan fingerprint density at radius 2 is 1.61 bits per heavy atom. The summed E-state index contributed by atoms with van der Waals surface area (Å²) in [7, 11) is 0. The van der Waals surface area contributed by atoms with E-state index >= 15 is 0 Å². The summed E-state index contributed by atoms with van der Waals surface area (Å²) in [6, 6.07) is 14.6. The molecule has 0 saturated carbocycles. The lowest BCUT2D eigenvalue weighted by molar-refractivity contribution is -0.128. The third-order valence-corrected chi connectivity index (χ3v) is 6.05. The van der Waals surface area contributed by atoms with Gasteiger partial charge in [0.1, 0.15) is 0 Å². The van der Waals surface area contributed by atoms with Crippen LogP contribution < -0.4 is 0 Å². The number of hydrogen-bond acceptors (Lipinski definition) is 6. The molecule has 2 aromatic carbocycles. The number of halogens is 1. The zero-order valence-electron chi connectivity index (χ0n) is 19.0. The summed E-state index contributed by atoms with van der Waals surface area (Å²) >= 11 is 5.92. The SMILES string of the molecule is CC(C)(C)c1ccc(C(=O)C(=O)N2CCN(Cc3nc(-c4ccc(Cl)cc4)no3)CC2)cc1. The van der Waals surface area contributed by atoms with Gasteiger partial charge in [-0.3, -0.25) is 14.5 Å². The molecule has 1 aliphatic rings. The van der Waals surface area contributed by atoms with Gasteiger partial charge in [0, 0.05) is 42.3 Å². The van der Waals surface area contributed by atoms with Gasteiger partial charge in [-0.1, -0.05) is 61.8 Å². The minimum absolute atomic E-state index is 0.00410. The van der Waals surface area contributed by atoms with Gasteiger partial charge in [-0.25, -0.2) is 0 Å². The molecule has 8 heteroatoms. The molecule has 172 valence electrons. The van der Waals surface area contributed by atoms with Crippen LogP contribution in [0.2, 0.25) is 5.02 Å². The number of hydrogen-bond donors (Lipinski definition) is 0. The minimum Gasteiger partial charge on any atom is -0.338 e. The number of aromatic nitrogens is 2. The number of Topliss-reactive ketones (excluding diaryl/α,β-unsaturated/α-hetero) is 1. The quantitative estimate of drug-likeness (QED) is 0.414. The Morgan fingerprint density at radius 3 is 2.21 bits per heavy atom. The molecule has 1 aromatic heterocycles. The van der Waals surface area contributed by atoms with E-state index in [9.17, 15) is 9.59 Å². The van der Waals surface area contributed by atoms with Crippen molar-refractivity contribution in [3.63, 3.8) is 0 Å². The van der Waals surface area contributed by atoms with Gasteiger partial charge in [0.2, 0.25) is 17.5 Å². The molecule has 4 rings (SSSR count). The number of nitrogens with zero attached hydrogens (tertiary/aromatic N) is 4. The van der Waals surface area contributed by atoms with Crippen LogP contribution in [0.1, 0.15) is 42.6 Å². The maximum absolute atomic E-state index is 12.7. The molecule has 0 radical (unpaired) electrons. The van der Waals surface area contributed by atoms with Crippen molar-refractivity contribution in [2.45, 2.75) is 32.7 Å². The molecule has 0 unspecified atom stereocenters. The fourth-order valence-corrected chi connectivity index (χ4v) is 3.85. The Morgan fingerprint density at radius 1 is 0.970 bits per heavy atom. The summed E-state index contributed by atoms with van der Waals surface area (Å²) in [4.78, 5) is 33.6. The van der Waals surface area contributed by atoms with E-state index in [-0.39, 0.29) is 5.41 Å². The third-order valence-electron chi connectivity index (χ3n) is 5.80. The molecule has 0 bridgehead atoms. The number of piperazine rings is 1. The molecular formula is C25H27ClN4O3. The van der Waals surface area contributed by atoms with Crippen molar-refractivity contribution >= 4 is 23.3 Å². The molecule has 1 saturated heterocycles. The van der Waals surface area contributed by atoms with Crippen molar-refractivity contribution in [1.29, 1.82) is 0 Å². The average molecular weight is 467 g/mol. The van der Waals surface area contributed by atoms with Gasteiger partial charge in [0.25, 0.3) is 5.91 Å². The van der Waals surface area contributed by atoms with Crippen LogP contribution in [0.5, 0.6) is 0 Å². The van der Waals surface area contributed by atoms with Crippen molar-refractivity contribution in [2.24, 2.45) is 0 Å². The molecule has 0 spiro atoms. The average Bonchev–Trinajstić information content (AvgIpc) is 3.27. The lowest BCUT2D eigenvalue weighted by Gasteiger charge is -2.33. The predicted molar refractivity (Wildman–Crippen MR) is 126 cm³/mol. The fraction of sp³-hybridized carbons (Fsp3) is 0.360. The molecule has 1 amide bonds. The maximum Gasteiger partial charge on any atom is 0.295 e. The highest BCUT2D eigenvalue weighted by molar-refractivity contribution is 6.42. The number of carbonyl (C=O) groups is 2. The van der Waals surface area contributed by atoms with Crippen LogP contribution in [0.4, 0.5) is 0 Å². The molecule has 0 N–H and O–H groups in total. The standard InChI is InChI=1S/C25H27ClN4O3/c1-25(2,3)19-8-4-17(5-9-19)22(31)24(32)30-14-12-29(13-15-30)16-21-27-23(28-33-21)18-6-10-20(26)11-7-18/h4-11H,12-16H2,1-3H3. The largest absolute Gasteiger partial charge is 0.338 e. The summed E-state index contributed by atoms with van der Waals surface area (Å²) < 4.78 is 5.39. The van der Waals surface area contributed by atoms with Crippen molar-refractivity contribution in [2.75, 3.05) is 26.2 Å². The second kappa shape index (κ2) is 9.45. The first kappa shape index (κ1) is 23.1. The summed E-state index contributed by atoms with van der Waals surface area (Å²) in [5.41, 5.74) is 2.38. The topological polar surface area (TPSA) is 79.5 Å². The predicted octanol–water partition coefficient (Wildman–Crippen LogP) is 4.21.